The van der Waals surface area contributed by atoms with E-state index in [-0.39, 0.29) is 17.6 Å². The first-order chi connectivity index (χ1) is 14.9. The first kappa shape index (κ1) is 22.8. The number of hydrogen-bond acceptors (Lipinski definition) is 5. The van der Waals surface area contributed by atoms with E-state index in [9.17, 15) is 14.0 Å². The first-order valence-electron chi connectivity index (χ1n) is 9.59. The zero-order valence-electron chi connectivity index (χ0n) is 16.9. The van der Waals surface area contributed by atoms with Crippen LogP contribution in [0.1, 0.15) is 20.3 Å². The summed E-state index contributed by atoms with van der Waals surface area (Å²) in [7, 11) is 0. The molecule has 0 aliphatic heterocycles. The fourth-order valence-electron chi connectivity index (χ4n) is 2.71. The molecule has 3 aromatic rings. The fourth-order valence-corrected chi connectivity index (χ4v) is 3.73. The number of aromatic nitrogens is 2. The van der Waals surface area contributed by atoms with Gasteiger partial charge >= 0.3 is 6.03 Å². The third kappa shape index (κ3) is 6.31. The Morgan fingerprint density at radius 1 is 1.06 bits per heavy atom. The standard InChI is InChI=1S/C21H21BrFN5O2S/c1-3-12(2)17(25-20(30)24-16-10-6-14(22)7-11-16)18(29)26-21-28-27-19(31-21)13-4-8-15(23)9-5-13/h4-12,17H,3H2,1-2H3,(H2,24,25,30)(H,26,28,29)/t12-,17+/m1/s1. The second kappa shape index (κ2) is 10.5. The number of halogens is 2. The lowest BCUT2D eigenvalue weighted by Gasteiger charge is -2.23. The van der Waals surface area contributed by atoms with E-state index >= 15 is 0 Å². The Labute approximate surface area is 191 Å². The number of nitrogens with zero attached hydrogens (tertiary/aromatic N) is 2. The number of urea groups is 1. The zero-order chi connectivity index (χ0) is 22.4. The molecule has 7 nitrogen and oxygen atoms in total. The molecule has 0 aliphatic carbocycles. The number of carbonyl (C=O) groups excluding carboxylic acids is 2. The predicted octanol–water partition coefficient (Wildman–Crippen LogP) is 5.28. The van der Waals surface area contributed by atoms with Gasteiger partial charge in [-0.1, -0.05) is 47.5 Å². The first-order valence-corrected chi connectivity index (χ1v) is 11.2. The van der Waals surface area contributed by atoms with Crippen LogP contribution in [0.25, 0.3) is 10.6 Å². The summed E-state index contributed by atoms with van der Waals surface area (Å²) >= 11 is 4.51. The van der Waals surface area contributed by atoms with Gasteiger partial charge in [0, 0.05) is 15.7 Å². The van der Waals surface area contributed by atoms with Gasteiger partial charge in [-0.15, -0.1) is 10.2 Å². The van der Waals surface area contributed by atoms with Gasteiger partial charge in [-0.3, -0.25) is 10.1 Å². The van der Waals surface area contributed by atoms with E-state index < -0.39 is 12.1 Å². The highest BCUT2D eigenvalue weighted by atomic mass is 79.9. The molecule has 0 saturated carbocycles. The Kier molecular flexibility index (Phi) is 7.69. The van der Waals surface area contributed by atoms with Crippen molar-refractivity contribution in [2.45, 2.75) is 26.3 Å². The average molecular weight is 506 g/mol. The molecular weight excluding hydrogens is 485 g/mol. The lowest BCUT2D eigenvalue weighted by atomic mass is 9.98. The van der Waals surface area contributed by atoms with Gasteiger partial charge in [0.25, 0.3) is 0 Å². The van der Waals surface area contributed by atoms with Crippen LogP contribution in [0.3, 0.4) is 0 Å². The Bertz CT molecular complexity index is 1040. The third-order valence-corrected chi connectivity index (χ3v) is 6.05. The highest BCUT2D eigenvalue weighted by molar-refractivity contribution is 9.10. The van der Waals surface area contributed by atoms with E-state index in [1.165, 1.54) is 23.5 Å². The largest absolute Gasteiger partial charge is 0.326 e. The number of benzene rings is 2. The molecule has 2 aromatic carbocycles. The highest BCUT2D eigenvalue weighted by Gasteiger charge is 2.27. The Morgan fingerprint density at radius 2 is 1.74 bits per heavy atom. The van der Waals surface area contributed by atoms with E-state index in [0.717, 1.165) is 4.47 Å². The molecule has 0 saturated heterocycles. The monoisotopic (exact) mass is 505 g/mol. The van der Waals surface area contributed by atoms with Crippen LogP contribution >= 0.6 is 27.3 Å². The van der Waals surface area contributed by atoms with Crippen molar-refractivity contribution in [3.8, 4) is 10.6 Å². The molecule has 0 unspecified atom stereocenters. The molecule has 1 aromatic heterocycles. The van der Waals surface area contributed by atoms with Crippen molar-refractivity contribution in [3.05, 3.63) is 58.8 Å². The van der Waals surface area contributed by atoms with Crippen molar-refractivity contribution in [1.29, 1.82) is 0 Å². The number of rotatable bonds is 7. The number of nitrogens with one attached hydrogen (secondary N) is 3. The van der Waals surface area contributed by atoms with Crippen molar-refractivity contribution in [1.82, 2.24) is 15.5 Å². The lowest BCUT2D eigenvalue weighted by molar-refractivity contribution is -0.119. The van der Waals surface area contributed by atoms with Crippen LogP contribution in [-0.2, 0) is 4.79 Å². The summed E-state index contributed by atoms with van der Waals surface area (Å²) in [6, 6.07) is 11.7. The smallest absolute Gasteiger partial charge is 0.319 e. The number of amides is 3. The maximum absolute atomic E-state index is 13.1. The summed E-state index contributed by atoms with van der Waals surface area (Å²) in [5.74, 6) is -0.840. The van der Waals surface area contributed by atoms with Crippen molar-refractivity contribution < 1.29 is 14.0 Å². The second-order valence-electron chi connectivity index (χ2n) is 6.88. The van der Waals surface area contributed by atoms with Crippen LogP contribution in [0.5, 0.6) is 0 Å². The maximum Gasteiger partial charge on any atom is 0.319 e. The molecule has 0 aliphatic rings. The highest BCUT2D eigenvalue weighted by Crippen LogP contribution is 2.26. The van der Waals surface area contributed by atoms with Crippen LogP contribution < -0.4 is 16.0 Å². The summed E-state index contributed by atoms with van der Waals surface area (Å²) in [5, 5.41) is 17.1. The molecule has 162 valence electrons. The SMILES string of the molecule is CC[C@@H](C)[C@H](NC(=O)Nc1ccc(Br)cc1)C(=O)Nc1nnc(-c2ccc(F)cc2)s1. The van der Waals surface area contributed by atoms with Crippen LogP contribution in [0.4, 0.5) is 20.0 Å². The van der Waals surface area contributed by atoms with Crippen molar-refractivity contribution in [2.24, 2.45) is 5.92 Å². The van der Waals surface area contributed by atoms with Gasteiger partial charge in [0.15, 0.2) is 0 Å². The molecule has 0 radical (unpaired) electrons. The molecule has 0 fully saturated rings. The van der Waals surface area contributed by atoms with Crippen LogP contribution in [-0.4, -0.2) is 28.2 Å². The molecule has 31 heavy (non-hydrogen) atoms. The van der Waals surface area contributed by atoms with Crippen molar-refractivity contribution >= 4 is 50.0 Å². The van der Waals surface area contributed by atoms with E-state index in [0.29, 0.717) is 27.8 Å². The van der Waals surface area contributed by atoms with Crippen LogP contribution in [0, 0.1) is 11.7 Å². The topological polar surface area (TPSA) is 96.0 Å². The van der Waals surface area contributed by atoms with Gasteiger partial charge in [0.2, 0.25) is 11.0 Å². The molecule has 1 heterocycles. The molecule has 3 N–H and O–H groups in total. The molecule has 2 atom stereocenters. The van der Waals surface area contributed by atoms with Crippen molar-refractivity contribution in [3.63, 3.8) is 0 Å². The molecule has 0 spiro atoms. The minimum atomic E-state index is -0.765. The maximum atomic E-state index is 13.1. The van der Waals surface area contributed by atoms with Gasteiger partial charge in [-0.05, 0) is 54.4 Å². The summed E-state index contributed by atoms with van der Waals surface area (Å²) in [4.78, 5) is 25.3. The Balaban J connectivity index is 1.66. The Hall–Kier alpha value is -2.85. The number of carbonyl (C=O) groups is 2. The summed E-state index contributed by atoms with van der Waals surface area (Å²) in [6.45, 7) is 3.82. The fraction of sp³-hybridized carbons (Fsp3) is 0.238. The van der Waals surface area contributed by atoms with Crippen LogP contribution in [0.15, 0.2) is 53.0 Å². The Morgan fingerprint density at radius 3 is 2.39 bits per heavy atom. The molecule has 3 rings (SSSR count). The minimum Gasteiger partial charge on any atom is -0.326 e. The zero-order valence-corrected chi connectivity index (χ0v) is 19.3. The predicted molar refractivity (Wildman–Crippen MR) is 123 cm³/mol. The quantitative estimate of drug-likeness (QED) is 0.406. The van der Waals surface area contributed by atoms with Crippen LogP contribution in [0.2, 0.25) is 0 Å². The van der Waals surface area contributed by atoms with E-state index in [1.54, 1.807) is 24.3 Å². The molecule has 3 amide bonds. The van der Waals surface area contributed by atoms with E-state index in [4.69, 9.17) is 0 Å². The molecular formula is C21H21BrFN5O2S. The second-order valence-corrected chi connectivity index (χ2v) is 8.77. The van der Waals surface area contributed by atoms with Gasteiger partial charge in [0.05, 0.1) is 0 Å². The van der Waals surface area contributed by atoms with E-state index in [2.05, 4.69) is 42.1 Å². The van der Waals surface area contributed by atoms with Gasteiger partial charge in [-0.2, -0.15) is 0 Å². The summed E-state index contributed by atoms with van der Waals surface area (Å²) in [6.07, 6.45) is 0.688. The number of anilines is 2. The summed E-state index contributed by atoms with van der Waals surface area (Å²) < 4.78 is 14.0. The minimum absolute atomic E-state index is 0.111. The normalized spacial score (nSPS) is 12.6. The third-order valence-electron chi connectivity index (χ3n) is 4.63. The van der Waals surface area contributed by atoms with Gasteiger partial charge in [0.1, 0.15) is 16.9 Å². The van der Waals surface area contributed by atoms with Gasteiger partial charge < -0.3 is 10.6 Å². The van der Waals surface area contributed by atoms with Gasteiger partial charge in [-0.25, -0.2) is 9.18 Å². The molecule has 0 bridgehead atoms. The lowest BCUT2D eigenvalue weighted by Crippen LogP contribution is -2.49. The average Bonchev–Trinajstić information content (AvgIpc) is 3.22. The number of hydrogen-bond donors (Lipinski definition) is 3. The van der Waals surface area contributed by atoms with E-state index in [1.807, 2.05) is 26.0 Å². The van der Waals surface area contributed by atoms with Crippen molar-refractivity contribution in [2.75, 3.05) is 10.6 Å². The molecule has 10 heteroatoms. The summed E-state index contributed by atoms with van der Waals surface area (Å²) in [5.41, 5.74) is 1.31.